The molecule has 0 aliphatic rings. The first-order valence-corrected chi connectivity index (χ1v) is 24.1. The molecule has 0 N–H and O–H groups in total. The van der Waals surface area contributed by atoms with Crippen molar-refractivity contribution in [1.82, 2.24) is 0 Å². The number of rotatable bonds is 40. The van der Waals surface area contributed by atoms with Gasteiger partial charge in [0.25, 0.3) is 7.82 Å². The van der Waals surface area contributed by atoms with E-state index in [1.807, 2.05) is 21.1 Å². The highest BCUT2D eigenvalue weighted by Crippen LogP contribution is 2.38. The molecule has 334 valence electrons. The SMILES string of the molecule is CCCCC/C=C/C/C=C/C/C=C/CCCCCCC(=O)O[C@H](COC(=O)CCC/C=C/C/C=C/C/C=C/CCCCCCCC)COP(=O)([O-])OCC[N+](C)(C)C. The average molecular weight is 834 g/mol. The van der Waals surface area contributed by atoms with Gasteiger partial charge in [0.2, 0.25) is 0 Å². The van der Waals surface area contributed by atoms with E-state index in [1.165, 1.54) is 64.2 Å². The van der Waals surface area contributed by atoms with Gasteiger partial charge in [-0.2, -0.15) is 0 Å². The number of unbranched alkanes of at least 4 members (excludes halogenated alkanes) is 14. The summed E-state index contributed by atoms with van der Waals surface area (Å²) in [5.41, 5.74) is 0. The highest BCUT2D eigenvalue weighted by Gasteiger charge is 2.21. The number of allylic oxidation sites excluding steroid dienone is 12. The van der Waals surface area contributed by atoms with Gasteiger partial charge in [0.1, 0.15) is 19.8 Å². The fourth-order valence-electron chi connectivity index (χ4n) is 5.62. The summed E-state index contributed by atoms with van der Waals surface area (Å²) in [5.74, 6) is -0.927. The van der Waals surface area contributed by atoms with Gasteiger partial charge in [-0.05, 0) is 83.5 Å². The Kier molecular flexibility index (Phi) is 38.1. The number of hydrogen-bond acceptors (Lipinski definition) is 8. The second kappa shape index (κ2) is 39.9. The number of esters is 2. The number of phosphoric ester groups is 1. The van der Waals surface area contributed by atoms with Crippen LogP contribution in [-0.2, 0) is 32.7 Å². The van der Waals surface area contributed by atoms with E-state index in [0.717, 1.165) is 64.2 Å². The number of nitrogens with zero attached hydrogens (tertiary/aromatic N) is 1. The molecule has 9 nitrogen and oxygen atoms in total. The number of carbonyl (C=O) groups excluding carboxylic acids is 2. The first-order chi connectivity index (χ1) is 28.0. The number of carbonyl (C=O) groups is 2. The van der Waals surface area contributed by atoms with Gasteiger partial charge in [0.05, 0.1) is 27.7 Å². The molecule has 0 aromatic rings. The van der Waals surface area contributed by atoms with Crippen molar-refractivity contribution < 1.29 is 42.1 Å². The standard InChI is InChI=1S/C48H84NO8P/c1-6-8-10-12-14-16-18-20-22-24-26-28-30-32-34-36-38-40-47(50)54-44-46(45-56-58(52,53)55-43-42-49(3,4)5)57-48(51)41-39-37-35-33-31-29-27-25-23-21-19-17-15-13-11-9-7-2/h15,17,20-23,26-29,32,34,46H,6-14,16,18-19,24-25,30-31,33,35-45H2,1-5H3/b17-15+,22-20+,23-21+,28-26+,29-27+,34-32+/t46-/m1/s1. The third-order valence-corrected chi connectivity index (χ3v) is 10.2. The Morgan fingerprint density at radius 1 is 0.534 bits per heavy atom. The average Bonchev–Trinajstić information content (AvgIpc) is 3.17. The van der Waals surface area contributed by atoms with Crippen molar-refractivity contribution in [2.45, 2.75) is 174 Å². The van der Waals surface area contributed by atoms with Crippen molar-refractivity contribution >= 4 is 19.8 Å². The summed E-state index contributed by atoms with van der Waals surface area (Å²) in [4.78, 5) is 37.5. The summed E-state index contributed by atoms with van der Waals surface area (Å²) in [7, 11) is 1.11. The van der Waals surface area contributed by atoms with Gasteiger partial charge in [-0.3, -0.25) is 14.2 Å². The predicted molar refractivity (Wildman–Crippen MR) is 240 cm³/mol. The van der Waals surface area contributed by atoms with Crippen molar-refractivity contribution in [3.05, 3.63) is 72.9 Å². The Balaban J connectivity index is 4.49. The van der Waals surface area contributed by atoms with E-state index in [1.54, 1.807) is 0 Å². The minimum Gasteiger partial charge on any atom is -0.756 e. The molecule has 58 heavy (non-hydrogen) atoms. The van der Waals surface area contributed by atoms with Gasteiger partial charge >= 0.3 is 11.9 Å². The lowest BCUT2D eigenvalue weighted by Gasteiger charge is -2.28. The number of quaternary nitrogens is 1. The van der Waals surface area contributed by atoms with E-state index >= 15 is 0 Å². The number of phosphoric acid groups is 1. The highest BCUT2D eigenvalue weighted by molar-refractivity contribution is 7.45. The quantitative estimate of drug-likeness (QED) is 0.0197. The van der Waals surface area contributed by atoms with Crippen molar-refractivity contribution in [2.75, 3.05) is 47.5 Å². The topological polar surface area (TPSA) is 111 Å². The number of ether oxygens (including phenoxy) is 2. The zero-order chi connectivity index (χ0) is 42.8. The monoisotopic (exact) mass is 834 g/mol. The zero-order valence-corrected chi connectivity index (χ0v) is 38.4. The molecule has 2 atom stereocenters. The third-order valence-electron chi connectivity index (χ3n) is 9.20. The van der Waals surface area contributed by atoms with Gasteiger partial charge in [-0.25, -0.2) is 0 Å². The Hall–Kier alpha value is -2.55. The molecule has 1 unspecified atom stereocenters. The van der Waals surface area contributed by atoms with Crippen molar-refractivity contribution in [3.8, 4) is 0 Å². The molecule has 0 rings (SSSR count). The van der Waals surface area contributed by atoms with Crippen molar-refractivity contribution in [1.29, 1.82) is 0 Å². The van der Waals surface area contributed by atoms with E-state index in [0.29, 0.717) is 23.9 Å². The molecule has 0 aliphatic heterocycles. The summed E-state index contributed by atoms with van der Waals surface area (Å²) in [5, 5.41) is 0. The Morgan fingerprint density at radius 2 is 0.948 bits per heavy atom. The van der Waals surface area contributed by atoms with Crippen molar-refractivity contribution in [2.24, 2.45) is 0 Å². The summed E-state index contributed by atoms with van der Waals surface area (Å²) in [6, 6.07) is 0. The number of hydrogen-bond donors (Lipinski definition) is 0. The lowest BCUT2D eigenvalue weighted by molar-refractivity contribution is -0.870. The van der Waals surface area contributed by atoms with Crippen LogP contribution in [0.1, 0.15) is 168 Å². The van der Waals surface area contributed by atoms with E-state index in [9.17, 15) is 19.0 Å². The third kappa shape index (κ3) is 43.0. The first kappa shape index (κ1) is 55.5. The molecule has 0 aliphatic carbocycles. The van der Waals surface area contributed by atoms with Gasteiger partial charge in [-0.15, -0.1) is 0 Å². The first-order valence-electron chi connectivity index (χ1n) is 22.6. The maximum atomic E-state index is 12.7. The molecule has 0 amide bonds. The number of likely N-dealkylation sites (N-methyl/N-ethyl adjacent to an activating group) is 1. The van der Waals surface area contributed by atoms with E-state index < -0.39 is 32.5 Å². The highest BCUT2D eigenvalue weighted by atomic mass is 31.2. The lowest BCUT2D eigenvalue weighted by Crippen LogP contribution is -2.37. The van der Waals surface area contributed by atoms with Crippen LogP contribution in [0.4, 0.5) is 0 Å². The second-order valence-electron chi connectivity index (χ2n) is 16.1. The van der Waals surface area contributed by atoms with Crippen molar-refractivity contribution in [3.63, 3.8) is 0 Å². The fourth-order valence-corrected chi connectivity index (χ4v) is 6.35. The minimum absolute atomic E-state index is 0.0465. The van der Waals surface area contributed by atoms with Crippen LogP contribution in [0.3, 0.4) is 0 Å². The maximum Gasteiger partial charge on any atom is 0.306 e. The summed E-state index contributed by atoms with van der Waals surface area (Å²) < 4.78 is 33.8. The Labute approximate surface area is 355 Å². The van der Waals surface area contributed by atoms with Crippen LogP contribution in [-0.4, -0.2) is 70.0 Å². The summed E-state index contributed by atoms with van der Waals surface area (Å²) in [6.07, 6.45) is 49.3. The molecule has 0 aromatic heterocycles. The normalized spacial score (nSPS) is 14.2. The molecule has 0 radical (unpaired) electrons. The Morgan fingerprint density at radius 3 is 1.47 bits per heavy atom. The van der Waals surface area contributed by atoms with E-state index in [4.69, 9.17) is 18.5 Å². The van der Waals surface area contributed by atoms with Crippen LogP contribution >= 0.6 is 7.82 Å². The minimum atomic E-state index is -4.65. The van der Waals surface area contributed by atoms with Gasteiger partial charge in [-0.1, -0.05) is 145 Å². The van der Waals surface area contributed by atoms with Crippen LogP contribution in [0.25, 0.3) is 0 Å². The molecule has 0 aromatic carbocycles. The molecule has 0 heterocycles. The molecule has 0 bridgehead atoms. The van der Waals surface area contributed by atoms with Gasteiger partial charge in [0.15, 0.2) is 6.10 Å². The molecule has 0 saturated carbocycles. The molecule has 0 fully saturated rings. The largest absolute Gasteiger partial charge is 0.756 e. The van der Waals surface area contributed by atoms with Crippen LogP contribution in [0.15, 0.2) is 72.9 Å². The van der Waals surface area contributed by atoms with Crippen LogP contribution in [0.5, 0.6) is 0 Å². The summed E-state index contributed by atoms with van der Waals surface area (Å²) >= 11 is 0. The van der Waals surface area contributed by atoms with Gasteiger partial charge < -0.3 is 27.9 Å². The Bertz CT molecular complexity index is 1220. The van der Waals surface area contributed by atoms with Crippen LogP contribution in [0, 0.1) is 0 Å². The molecular weight excluding hydrogens is 750 g/mol. The van der Waals surface area contributed by atoms with Gasteiger partial charge in [0, 0.05) is 12.8 Å². The van der Waals surface area contributed by atoms with E-state index in [2.05, 4.69) is 86.8 Å². The fraction of sp³-hybridized carbons (Fsp3) is 0.708. The van der Waals surface area contributed by atoms with Crippen LogP contribution in [0.2, 0.25) is 0 Å². The predicted octanol–water partition coefficient (Wildman–Crippen LogP) is 12.4. The lowest BCUT2D eigenvalue weighted by atomic mass is 10.1. The van der Waals surface area contributed by atoms with Crippen LogP contribution < -0.4 is 4.89 Å². The second-order valence-corrected chi connectivity index (χ2v) is 17.5. The molecule has 0 spiro atoms. The zero-order valence-electron chi connectivity index (χ0n) is 37.5. The molecular formula is C48H84NO8P. The maximum absolute atomic E-state index is 12.7. The summed E-state index contributed by atoms with van der Waals surface area (Å²) in [6.45, 7) is 4.09. The molecule has 0 saturated heterocycles. The smallest absolute Gasteiger partial charge is 0.306 e. The molecule has 10 heteroatoms. The van der Waals surface area contributed by atoms with E-state index in [-0.39, 0.29) is 26.1 Å².